The molecular weight excluding hydrogens is 360 g/mol. The maximum atomic E-state index is 4.74. The number of thioether (sulfide) groups is 1. The van der Waals surface area contributed by atoms with E-state index in [0.29, 0.717) is 0 Å². The molecule has 0 radical (unpaired) electrons. The molecule has 0 aliphatic rings. The Kier molecular flexibility index (Phi) is 5.13. The van der Waals surface area contributed by atoms with Gasteiger partial charge in [-0.05, 0) is 5.56 Å². The zero-order valence-corrected chi connectivity index (χ0v) is 16.0. The first-order chi connectivity index (χ1) is 12.8. The van der Waals surface area contributed by atoms with Gasteiger partial charge in [0.2, 0.25) is 0 Å². The Labute approximate surface area is 161 Å². The van der Waals surface area contributed by atoms with Gasteiger partial charge in [-0.2, -0.15) is 0 Å². The molecule has 4 nitrogen and oxygen atoms in total. The summed E-state index contributed by atoms with van der Waals surface area (Å²) in [6.45, 7) is 0. The summed E-state index contributed by atoms with van der Waals surface area (Å²) in [5.41, 5.74) is 3.48. The molecule has 0 unspecified atom stereocenters. The molecule has 4 rings (SSSR count). The number of hydrogen-bond donors (Lipinski definition) is 0. The molecule has 130 valence electrons. The third-order valence-corrected chi connectivity index (χ3v) is 6.05. The maximum absolute atomic E-state index is 4.74. The summed E-state index contributed by atoms with van der Waals surface area (Å²) in [5, 5.41) is 12.8. The number of rotatable bonds is 6. The monoisotopic (exact) mass is 378 g/mol. The molecule has 4 aromatic rings. The van der Waals surface area contributed by atoms with E-state index in [1.54, 1.807) is 23.1 Å². The Bertz CT molecular complexity index is 977. The lowest BCUT2D eigenvalue weighted by molar-refractivity contribution is 0.748. The zero-order valence-electron chi connectivity index (χ0n) is 14.4. The van der Waals surface area contributed by atoms with Crippen LogP contribution in [0, 0.1) is 0 Å². The highest BCUT2D eigenvalue weighted by molar-refractivity contribution is 7.98. The van der Waals surface area contributed by atoms with Gasteiger partial charge in [0.1, 0.15) is 10.8 Å². The first kappa shape index (κ1) is 17.0. The number of benzene rings is 2. The second kappa shape index (κ2) is 7.85. The lowest BCUT2D eigenvalue weighted by atomic mass is 10.1. The molecule has 0 aliphatic carbocycles. The fourth-order valence-electron chi connectivity index (χ4n) is 2.63. The summed E-state index contributed by atoms with van der Waals surface area (Å²) in [6, 6.07) is 20.6. The lowest BCUT2D eigenvalue weighted by Gasteiger charge is -2.03. The Morgan fingerprint density at radius 3 is 2.46 bits per heavy atom. The van der Waals surface area contributed by atoms with Crippen LogP contribution in [0.3, 0.4) is 0 Å². The predicted molar refractivity (Wildman–Crippen MR) is 107 cm³/mol. The molecule has 0 saturated carbocycles. The molecule has 0 aliphatic heterocycles. The van der Waals surface area contributed by atoms with Crippen LogP contribution in [-0.2, 0) is 19.2 Å². The van der Waals surface area contributed by atoms with E-state index in [4.69, 9.17) is 4.98 Å². The molecule has 0 spiro atoms. The Morgan fingerprint density at radius 1 is 0.962 bits per heavy atom. The molecule has 26 heavy (non-hydrogen) atoms. The second-order valence-electron chi connectivity index (χ2n) is 5.92. The molecule has 0 N–H and O–H groups in total. The van der Waals surface area contributed by atoms with E-state index in [1.165, 1.54) is 5.56 Å². The highest BCUT2D eigenvalue weighted by Crippen LogP contribution is 2.27. The van der Waals surface area contributed by atoms with Gasteiger partial charge in [0.25, 0.3) is 0 Å². The minimum atomic E-state index is 0.791. The van der Waals surface area contributed by atoms with E-state index in [0.717, 1.165) is 39.4 Å². The lowest BCUT2D eigenvalue weighted by Crippen LogP contribution is -2.00. The molecule has 2 aromatic carbocycles. The normalized spacial score (nSPS) is 11.0. The Morgan fingerprint density at radius 2 is 1.69 bits per heavy atom. The largest absolute Gasteiger partial charge is 0.309 e. The summed E-state index contributed by atoms with van der Waals surface area (Å²) in [6.07, 6.45) is 0.791. The first-order valence-corrected chi connectivity index (χ1v) is 10.2. The summed E-state index contributed by atoms with van der Waals surface area (Å²) in [5.74, 6) is 1.77. The summed E-state index contributed by atoms with van der Waals surface area (Å²) in [7, 11) is 2.02. The Balaban J connectivity index is 1.42. The van der Waals surface area contributed by atoms with E-state index in [1.807, 2.05) is 43.4 Å². The summed E-state index contributed by atoms with van der Waals surface area (Å²) in [4.78, 5) is 4.74. The van der Waals surface area contributed by atoms with Gasteiger partial charge in [0.15, 0.2) is 5.16 Å². The van der Waals surface area contributed by atoms with Crippen LogP contribution in [-0.4, -0.2) is 19.7 Å². The molecule has 2 heterocycles. The standard InChI is InChI=1S/C20H18N4S2/c1-24-18(12-15-8-4-2-5-9-15)22-23-20(24)26-14-17-13-25-19(21-17)16-10-6-3-7-11-16/h2-11,13H,12,14H2,1H3. The smallest absolute Gasteiger partial charge is 0.191 e. The quantitative estimate of drug-likeness (QED) is 0.451. The highest BCUT2D eigenvalue weighted by Gasteiger charge is 2.11. The van der Waals surface area contributed by atoms with Crippen LogP contribution in [0.5, 0.6) is 0 Å². The van der Waals surface area contributed by atoms with Crippen LogP contribution in [0.4, 0.5) is 0 Å². The van der Waals surface area contributed by atoms with Crippen LogP contribution in [0.2, 0.25) is 0 Å². The van der Waals surface area contributed by atoms with Crippen molar-refractivity contribution < 1.29 is 0 Å². The molecule has 0 bridgehead atoms. The topological polar surface area (TPSA) is 43.6 Å². The van der Waals surface area contributed by atoms with Crippen molar-refractivity contribution in [3.05, 3.63) is 83.1 Å². The first-order valence-electron chi connectivity index (χ1n) is 8.34. The molecular formula is C20H18N4S2. The SMILES string of the molecule is Cn1c(Cc2ccccc2)nnc1SCc1csc(-c2ccccc2)n1. The predicted octanol–water partition coefficient (Wildman–Crippen LogP) is 4.82. The number of hydrogen-bond acceptors (Lipinski definition) is 5. The fourth-order valence-corrected chi connectivity index (χ4v) is 4.38. The average Bonchev–Trinajstić information content (AvgIpc) is 3.29. The van der Waals surface area contributed by atoms with Crippen LogP contribution in [0.1, 0.15) is 17.1 Å². The molecule has 6 heteroatoms. The van der Waals surface area contributed by atoms with E-state index in [9.17, 15) is 0 Å². The van der Waals surface area contributed by atoms with Gasteiger partial charge in [-0.1, -0.05) is 72.4 Å². The minimum Gasteiger partial charge on any atom is -0.309 e. The molecule has 0 fully saturated rings. The van der Waals surface area contributed by atoms with Crippen molar-refractivity contribution >= 4 is 23.1 Å². The van der Waals surface area contributed by atoms with Crippen molar-refractivity contribution in [3.8, 4) is 10.6 Å². The van der Waals surface area contributed by atoms with Crippen LogP contribution >= 0.6 is 23.1 Å². The van der Waals surface area contributed by atoms with Gasteiger partial charge in [0.05, 0.1) is 5.69 Å². The van der Waals surface area contributed by atoms with Gasteiger partial charge in [-0.25, -0.2) is 4.98 Å². The molecule has 0 saturated heterocycles. The molecule has 0 atom stereocenters. The van der Waals surface area contributed by atoms with Crippen molar-refractivity contribution in [1.29, 1.82) is 0 Å². The average molecular weight is 379 g/mol. The van der Waals surface area contributed by atoms with E-state index in [2.05, 4.69) is 44.4 Å². The molecule has 2 aromatic heterocycles. The van der Waals surface area contributed by atoms with Gasteiger partial charge in [0, 0.05) is 30.2 Å². The van der Waals surface area contributed by atoms with Crippen LogP contribution in [0.15, 0.2) is 71.2 Å². The Hall–Kier alpha value is -2.44. The second-order valence-corrected chi connectivity index (χ2v) is 7.72. The third kappa shape index (κ3) is 3.86. The number of nitrogens with zero attached hydrogens (tertiary/aromatic N) is 4. The van der Waals surface area contributed by atoms with Crippen LogP contribution in [0.25, 0.3) is 10.6 Å². The van der Waals surface area contributed by atoms with Crippen molar-refractivity contribution in [3.63, 3.8) is 0 Å². The highest BCUT2D eigenvalue weighted by atomic mass is 32.2. The van der Waals surface area contributed by atoms with Crippen LogP contribution < -0.4 is 0 Å². The minimum absolute atomic E-state index is 0.791. The van der Waals surface area contributed by atoms with Crippen molar-refractivity contribution in [1.82, 2.24) is 19.7 Å². The molecule has 0 amide bonds. The van der Waals surface area contributed by atoms with Gasteiger partial charge < -0.3 is 4.57 Å². The van der Waals surface area contributed by atoms with Gasteiger partial charge in [-0.15, -0.1) is 21.5 Å². The number of thiazole rings is 1. The number of aromatic nitrogens is 4. The maximum Gasteiger partial charge on any atom is 0.191 e. The van der Waals surface area contributed by atoms with E-state index in [-0.39, 0.29) is 0 Å². The van der Waals surface area contributed by atoms with E-state index < -0.39 is 0 Å². The summed E-state index contributed by atoms with van der Waals surface area (Å²) < 4.78 is 2.07. The zero-order chi connectivity index (χ0) is 17.8. The summed E-state index contributed by atoms with van der Waals surface area (Å²) >= 11 is 3.36. The van der Waals surface area contributed by atoms with Gasteiger partial charge >= 0.3 is 0 Å². The van der Waals surface area contributed by atoms with Crippen molar-refractivity contribution in [2.45, 2.75) is 17.3 Å². The van der Waals surface area contributed by atoms with Crippen molar-refractivity contribution in [2.75, 3.05) is 0 Å². The van der Waals surface area contributed by atoms with Gasteiger partial charge in [-0.3, -0.25) is 0 Å². The third-order valence-electron chi connectivity index (χ3n) is 4.05. The van der Waals surface area contributed by atoms with Crippen molar-refractivity contribution in [2.24, 2.45) is 7.05 Å². The fraction of sp³-hybridized carbons (Fsp3) is 0.150. The van der Waals surface area contributed by atoms with E-state index >= 15 is 0 Å².